The normalized spacial score (nSPS) is 13.4. The van der Waals surface area contributed by atoms with Gasteiger partial charge in [0.2, 0.25) is 0 Å². The van der Waals surface area contributed by atoms with E-state index in [9.17, 15) is 18.0 Å². The summed E-state index contributed by atoms with van der Waals surface area (Å²) >= 11 is 0. The second-order valence-electron chi connectivity index (χ2n) is 4.64. The number of carbonyl (C=O) groups excluding carboxylic acids is 1. The first-order chi connectivity index (χ1) is 9.32. The summed E-state index contributed by atoms with van der Waals surface area (Å²) in [5.74, 6) is -0.632. The van der Waals surface area contributed by atoms with Crippen LogP contribution in [0.5, 0.6) is 5.75 Å². The number of esters is 1. The third kappa shape index (κ3) is 2.79. The molecule has 0 spiro atoms. The van der Waals surface area contributed by atoms with Crippen molar-refractivity contribution in [3.05, 3.63) is 30.0 Å². The summed E-state index contributed by atoms with van der Waals surface area (Å²) in [6.45, 7) is 3.54. The Labute approximate surface area is 113 Å². The number of halogens is 3. The average molecular weight is 285 g/mol. The Morgan fingerprint density at radius 1 is 1.40 bits per heavy atom. The van der Waals surface area contributed by atoms with Crippen molar-refractivity contribution in [2.45, 2.75) is 26.4 Å². The van der Waals surface area contributed by atoms with Crippen LogP contribution in [0.4, 0.5) is 13.2 Å². The molecule has 0 fully saturated rings. The molecule has 1 atom stereocenters. The van der Waals surface area contributed by atoms with Gasteiger partial charge >= 0.3 is 12.1 Å². The van der Waals surface area contributed by atoms with Crippen LogP contribution in [-0.4, -0.2) is 11.0 Å². The Morgan fingerprint density at radius 2 is 2.10 bits per heavy atom. The van der Waals surface area contributed by atoms with Gasteiger partial charge in [-0.3, -0.25) is 4.79 Å². The van der Waals surface area contributed by atoms with Crippen molar-refractivity contribution in [1.29, 1.82) is 0 Å². The highest BCUT2D eigenvalue weighted by Crippen LogP contribution is 2.34. The van der Waals surface area contributed by atoms with Crippen LogP contribution in [0.15, 0.2) is 24.4 Å². The summed E-state index contributed by atoms with van der Waals surface area (Å²) in [5.41, 5.74) is -0.282. The Hall–Kier alpha value is -1.98. The van der Waals surface area contributed by atoms with E-state index in [1.807, 2.05) is 6.92 Å². The number of ether oxygens (including phenoxy) is 1. The van der Waals surface area contributed by atoms with Crippen LogP contribution in [0.1, 0.15) is 25.8 Å². The number of carbonyl (C=O) groups is 1. The van der Waals surface area contributed by atoms with Crippen LogP contribution >= 0.6 is 0 Å². The molecule has 3 nitrogen and oxygen atoms in total. The molecule has 0 saturated carbocycles. The lowest BCUT2D eigenvalue weighted by atomic mass is 10.1. The molecule has 1 unspecified atom stereocenters. The highest BCUT2D eigenvalue weighted by atomic mass is 19.4. The zero-order valence-corrected chi connectivity index (χ0v) is 11.0. The summed E-state index contributed by atoms with van der Waals surface area (Å²) < 4.78 is 43.2. The molecule has 1 aromatic heterocycles. The fraction of sp³-hybridized carbons (Fsp3) is 0.357. The highest BCUT2D eigenvalue weighted by molar-refractivity contribution is 5.89. The smallest absolute Gasteiger partial charge is 0.416 e. The summed E-state index contributed by atoms with van der Waals surface area (Å²) in [4.78, 5) is 14.5. The van der Waals surface area contributed by atoms with Gasteiger partial charge in [0.05, 0.1) is 11.5 Å². The van der Waals surface area contributed by atoms with Crippen LogP contribution in [0, 0.1) is 5.92 Å². The second kappa shape index (κ2) is 5.19. The predicted molar refractivity (Wildman–Crippen MR) is 68.4 cm³/mol. The number of rotatable bonds is 3. The van der Waals surface area contributed by atoms with Gasteiger partial charge in [0, 0.05) is 17.1 Å². The molecule has 0 bridgehead atoms. The minimum atomic E-state index is -4.43. The molecule has 0 amide bonds. The van der Waals surface area contributed by atoms with Gasteiger partial charge in [0.1, 0.15) is 0 Å². The van der Waals surface area contributed by atoms with E-state index >= 15 is 0 Å². The third-order valence-corrected chi connectivity index (χ3v) is 3.20. The molecule has 2 aromatic rings. The zero-order chi connectivity index (χ0) is 14.9. The lowest BCUT2D eigenvalue weighted by molar-refractivity contribution is -0.138. The summed E-state index contributed by atoms with van der Waals surface area (Å²) in [5, 5.41) is 0.247. The minimum absolute atomic E-state index is 0.122. The summed E-state index contributed by atoms with van der Waals surface area (Å²) in [6.07, 6.45) is -2.43. The lowest BCUT2D eigenvalue weighted by Gasteiger charge is -2.09. The Balaban J connectivity index is 2.37. The number of fused-ring (bicyclic) bond motifs is 1. The van der Waals surface area contributed by atoms with Crippen molar-refractivity contribution in [2.75, 3.05) is 0 Å². The van der Waals surface area contributed by atoms with Crippen molar-refractivity contribution < 1.29 is 22.7 Å². The Morgan fingerprint density at radius 3 is 2.70 bits per heavy atom. The van der Waals surface area contributed by atoms with Gasteiger partial charge in [-0.1, -0.05) is 13.8 Å². The molecule has 0 aliphatic heterocycles. The minimum Gasteiger partial charge on any atom is -0.424 e. The standard InChI is InChI=1S/C14H14F3NO2/c1-3-8(2)13(19)20-12-7-18-11-5-4-9(6-10(11)12)14(15,16)17/h4-8,18H,3H2,1-2H3. The molecule has 108 valence electrons. The first-order valence-corrected chi connectivity index (χ1v) is 6.23. The topological polar surface area (TPSA) is 42.1 Å². The fourth-order valence-corrected chi connectivity index (χ4v) is 1.73. The van der Waals surface area contributed by atoms with Crippen molar-refractivity contribution in [1.82, 2.24) is 4.98 Å². The molecule has 0 aliphatic rings. The zero-order valence-electron chi connectivity index (χ0n) is 11.0. The van der Waals surface area contributed by atoms with Crippen molar-refractivity contribution in [3.63, 3.8) is 0 Å². The maximum atomic E-state index is 12.7. The quantitative estimate of drug-likeness (QED) is 0.861. The summed E-state index contributed by atoms with van der Waals surface area (Å²) in [6, 6.07) is 3.28. The molecular formula is C14H14F3NO2. The average Bonchev–Trinajstić information content (AvgIpc) is 2.79. The first kappa shape index (κ1) is 14.4. The van der Waals surface area contributed by atoms with Crippen molar-refractivity contribution in [2.24, 2.45) is 5.92 Å². The number of alkyl halides is 3. The monoisotopic (exact) mass is 285 g/mol. The molecule has 1 heterocycles. The van der Waals surface area contributed by atoms with Crippen LogP contribution in [-0.2, 0) is 11.0 Å². The van der Waals surface area contributed by atoms with Gasteiger partial charge in [-0.2, -0.15) is 13.2 Å². The number of hydrogen-bond donors (Lipinski definition) is 1. The van der Waals surface area contributed by atoms with E-state index in [0.717, 1.165) is 12.1 Å². The lowest BCUT2D eigenvalue weighted by Crippen LogP contribution is -2.16. The van der Waals surface area contributed by atoms with Crippen molar-refractivity contribution in [3.8, 4) is 5.75 Å². The van der Waals surface area contributed by atoms with E-state index < -0.39 is 17.7 Å². The number of hydrogen-bond acceptors (Lipinski definition) is 2. The third-order valence-electron chi connectivity index (χ3n) is 3.20. The van der Waals surface area contributed by atoms with Crippen LogP contribution in [0.3, 0.4) is 0 Å². The van der Waals surface area contributed by atoms with Crippen LogP contribution in [0.25, 0.3) is 10.9 Å². The van der Waals surface area contributed by atoms with E-state index in [0.29, 0.717) is 11.9 Å². The molecule has 6 heteroatoms. The van der Waals surface area contributed by atoms with E-state index in [-0.39, 0.29) is 17.1 Å². The maximum Gasteiger partial charge on any atom is 0.416 e. The first-order valence-electron chi connectivity index (χ1n) is 6.23. The van der Waals surface area contributed by atoms with E-state index in [1.165, 1.54) is 12.3 Å². The van der Waals surface area contributed by atoms with Crippen LogP contribution in [0.2, 0.25) is 0 Å². The number of benzene rings is 1. The number of aromatic amines is 1. The molecule has 2 rings (SSSR count). The van der Waals surface area contributed by atoms with Crippen molar-refractivity contribution >= 4 is 16.9 Å². The Kier molecular flexibility index (Phi) is 3.74. The fourth-order valence-electron chi connectivity index (χ4n) is 1.73. The summed E-state index contributed by atoms with van der Waals surface area (Å²) in [7, 11) is 0. The van der Waals surface area contributed by atoms with Gasteiger partial charge in [-0.05, 0) is 24.6 Å². The van der Waals surface area contributed by atoms with Gasteiger partial charge < -0.3 is 9.72 Å². The Bertz CT molecular complexity index is 631. The molecule has 20 heavy (non-hydrogen) atoms. The van der Waals surface area contributed by atoms with Gasteiger partial charge in [0.25, 0.3) is 0 Å². The molecule has 0 aliphatic carbocycles. The SMILES string of the molecule is CCC(C)C(=O)Oc1c[nH]c2ccc(C(F)(F)F)cc12. The van der Waals surface area contributed by atoms with Crippen LogP contribution < -0.4 is 4.74 Å². The van der Waals surface area contributed by atoms with E-state index in [2.05, 4.69) is 4.98 Å². The molecule has 1 N–H and O–H groups in total. The largest absolute Gasteiger partial charge is 0.424 e. The van der Waals surface area contributed by atoms with Gasteiger partial charge in [-0.15, -0.1) is 0 Å². The number of H-pyrrole nitrogens is 1. The molecule has 0 saturated heterocycles. The second-order valence-corrected chi connectivity index (χ2v) is 4.64. The molecular weight excluding hydrogens is 271 g/mol. The molecule has 1 aromatic carbocycles. The molecule has 0 radical (unpaired) electrons. The number of aromatic nitrogens is 1. The van der Waals surface area contributed by atoms with Gasteiger partial charge in [-0.25, -0.2) is 0 Å². The highest BCUT2D eigenvalue weighted by Gasteiger charge is 2.31. The predicted octanol–water partition coefficient (Wildman–Crippen LogP) is 4.14. The van der Waals surface area contributed by atoms with E-state index in [1.54, 1.807) is 6.92 Å². The number of nitrogens with one attached hydrogen (secondary N) is 1. The maximum absolute atomic E-state index is 12.7. The van der Waals surface area contributed by atoms with E-state index in [4.69, 9.17) is 4.74 Å². The van der Waals surface area contributed by atoms with Gasteiger partial charge in [0.15, 0.2) is 5.75 Å².